The molecule has 0 aliphatic carbocycles. The Balaban J connectivity index is 1.25. The maximum absolute atomic E-state index is 5.13. The molecule has 0 amide bonds. The van der Waals surface area contributed by atoms with Gasteiger partial charge in [-0.3, -0.25) is 0 Å². The number of hydrogen-bond acceptors (Lipinski definition) is 8. The van der Waals surface area contributed by atoms with Gasteiger partial charge in [0.05, 0.1) is 0 Å². The molecule has 8 nitrogen and oxygen atoms in total. The standard InChI is InChI=1S/C25H36N8/c1-15(2)20-4-7-29-25(30-20)33-14-19(18-11-27-13-23(18)33)16(3)21-5-8-28-24(31-21)32-9-6-17-10-26-12-22(17)32/h4-5,7-8,15-19,22-23,26-27H,6,9-14H2,1-3H3/t16?,17-,18+,19?,22-,23+/m1/s1. The van der Waals surface area contributed by atoms with Crippen LogP contribution in [0.25, 0.3) is 0 Å². The molecule has 4 aliphatic rings. The van der Waals surface area contributed by atoms with Crippen LogP contribution in [0, 0.1) is 17.8 Å². The molecule has 2 aromatic heterocycles. The minimum absolute atomic E-state index is 0.359. The first-order valence-corrected chi connectivity index (χ1v) is 12.7. The molecule has 0 bridgehead atoms. The van der Waals surface area contributed by atoms with E-state index in [1.54, 1.807) is 0 Å². The summed E-state index contributed by atoms with van der Waals surface area (Å²) in [5.41, 5.74) is 2.29. The number of nitrogens with zero attached hydrogens (tertiary/aromatic N) is 6. The third kappa shape index (κ3) is 3.67. The van der Waals surface area contributed by atoms with Gasteiger partial charge in [-0.1, -0.05) is 20.8 Å². The highest BCUT2D eigenvalue weighted by Gasteiger charge is 2.48. The van der Waals surface area contributed by atoms with Crippen molar-refractivity contribution in [2.45, 2.75) is 51.1 Å². The minimum Gasteiger partial charge on any atom is -0.336 e. The second-order valence-electron chi connectivity index (χ2n) is 10.7. The van der Waals surface area contributed by atoms with Crippen molar-refractivity contribution in [2.24, 2.45) is 17.8 Å². The first kappa shape index (κ1) is 21.2. The number of rotatable bonds is 5. The maximum Gasteiger partial charge on any atom is 0.225 e. The van der Waals surface area contributed by atoms with E-state index >= 15 is 0 Å². The first-order valence-electron chi connectivity index (χ1n) is 12.7. The molecule has 2 N–H and O–H groups in total. The van der Waals surface area contributed by atoms with Crippen molar-refractivity contribution < 1.29 is 0 Å². The van der Waals surface area contributed by atoms with Crippen LogP contribution in [0.5, 0.6) is 0 Å². The zero-order chi connectivity index (χ0) is 22.5. The van der Waals surface area contributed by atoms with Crippen molar-refractivity contribution in [3.8, 4) is 0 Å². The average Bonchev–Trinajstić information content (AvgIpc) is 3.60. The molecule has 0 saturated carbocycles. The monoisotopic (exact) mass is 448 g/mol. The largest absolute Gasteiger partial charge is 0.336 e. The predicted octanol–water partition coefficient (Wildman–Crippen LogP) is 2.02. The lowest BCUT2D eigenvalue weighted by atomic mass is 9.81. The molecule has 4 fully saturated rings. The molecule has 6 heterocycles. The van der Waals surface area contributed by atoms with Gasteiger partial charge in [0.2, 0.25) is 11.9 Å². The minimum atomic E-state index is 0.359. The lowest BCUT2D eigenvalue weighted by Crippen LogP contribution is -2.36. The summed E-state index contributed by atoms with van der Waals surface area (Å²) in [5.74, 6) is 4.40. The van der Waals surface area contributed by atoms with Crippen molar-refractivity contribution in [1.82, 2.24) is 30.6 Å². The number of aromatic nitrogens is 4. The van der Waals surface area contributed by atoms with E-state index < -0.39 is 0 Å². The van der Waals surface area contributed by atoms with Crippen LogP contribution in [0.15, 0.2) is 24.5 Å². The molecule has 0 radical (unpaired) electrons. The molecule has 4 saturated heterocycles. The zero-order valence-corrected chi connectivity index (χ0v) is 20.0. The maximum atomic E-state index is 5.13. The van der Waals surface area contributed by atoms with Crippen LogP contribution in [0.1, 0.15) is 50.4 Å². The molecule has 8 heteroatoms. The van der Waals surface area contributed by atoms with Gasteiger partial charge in [-0.2, -0.15) is 0 Å². The smallest absolute Gasteiger partial charge is 0.225 e. The Morgan fingerprint density at radius 1 is 0.848 bits per heavy atom. The number of hydrogen-bond donors (Lipinski definition) is 2. The van der Waals surface area contributed by atoms with Crippen LogP contribution in [0.3, 0.4) is 0 Å². The van der Waals surface area contributed by atoms with Gasteiger partial charge in [-0.15, -0.1) is 0 Å². The molecule has 6 atom stereocenters. The highest BCUT2D eigenvalue weighted by molar-refractivity contribution is 5.40. The summed E-state index contributed by atoms with van der Waals surface area (Å²) >= 11 is 0. The van der Waals surface area contributed by atoms with Crippen molar-refractivity contribution >= 4 is 11.9 Å². The van der Waals surface area contributed by atoms with Crippen LogP contribution in [-0.4, -0.2) is 71.3 Å². The van der Waals surface area contributed by atoms with Gasteiger partial charge >= 0.3 is 0 Å². The topological polar surface area (TPSA) is 82.1 Å². The van der Waals surface area contributed by atoms with E-state index in [2.05, 4.69) is 52.3 Å². The van der Waals surface area contributed by atoms with Crippen LogP contribution in [0.4, 0.5) is 11.9 Å². The lowest BCUT2D eigenvalue weighted by Gasteiger charge is -2.26. The van der Waals surface area contributed by atoms with Crippen molar-refractivity contribution in [3.05, 3.63) is 35.9 Å². The number of fused-ring (bicyclic) bond motifs is 2. The Morgan fingerprint density at radius 2 is 1.55 bits per heavy atom. The summed E-state index contributed by atoms with van der Waals surface area (Å²) < 4.78 is 0. The van der Waals surface area contributed by atoms with E-state index in [4.69, 9.17) is 15.0 Å². The third-order valence-corrected chi connectivity index (χ3v) is 8.57. The van der Waals surface area contributed by atoms with E-state index in [9.17, 15) is 0 Å². The van der Waals surface area contributed by atoms with Gasteiger partial charge in [0.15, 0.2) is 0 Å². The molecular weight excluding hydrogens is 412 g/mol. The number of nitrogens with one attached hydrogen (secondary N) is 2. The molecule has 176 valence electrons. The van der Waals surface area contributed by atoms with Crippen LogP contribution < -0.4 is 20.4 Å². The van der Waals surface area contributed by atoms with E-state index in [1.807, 2.05) is 18.5 Å². The van der Waals surface area contributed by atoms with Gasteiger partial charge in [-0.05, 0) is 42.2 Å². The second kappa shape index (κ2) is 8.47. The molecule has 4 aliphatic heterocycles. The van der Waals surface area contributed by atoms with Crippen molar-refractivity contribution in [2.75, 3.05) is 49.1 Å². The first-order chi connectivity index (χ1) is 16.1. The Hall–Kier alpha value is -2.32. The van der Waals surface area contributed by atoms with E-state index in [0.717, 1.165) is 62.8 Å². The fourth-order valence-corrected chi connectivity index (χ4v) is 6.61. The SMILES string of the molecule is CC(C)c1ccnc(N2CC(C(C)c3ccnc(N4CC[C@@H]5CNC[C@H]54)n3)[C@@H]3CNC[C@@H]32)n1. The van der Waals surface area contributed by atoms with Gasteiger partial charge in [-0.25, -0.2) is 19.9 Å². The van der Waals surface area contributed by atoms with E-state index in [-0.39, 0.29) is 0 Å². The summed E-state index contributed by atoms with van der Waals surface area (Å²) in [4.78, 5) is 24.3. The molecule has 0 spiro atoms. The third-order valence-electron chi connectivity index (χ3n) is 8.57. The normalized spacial score (nSPS) is 31.9. The highest BCUT2D eigenvalue weighted by atomic mass is 15.3. The van der Waals surface area contributed by atoms with Gasteiger partial charge in [0, 0.05) is 81.1 Å². The fraction of sp³-hybridized carbons (Fsp3) is 0.680. The molecule has 2 unspecified atom stereocenters. The average molecular weight is 449 g/mol. The van der Waals surface area contributed by atoms with Crippen LogP contribution in [0.2, 0.25) is 0 Å². The molecule has 2 aromatic rings. The highest BCUT2D eigenvalue weighted by Crippen LogP contribution is 2.42. The molecular formula is C25H36N8. The van der Waals surface area contributed by atoms with Gasteiger partial charge in [0.25, 0.3) is 0 Å². The van der Waals surface area contributed by atoms with E-state index in [1.165, 1.54) is 12.1 Å². The van der Waals surface area contributed by atoms with Gasteiger partial charge in [0.1, 0.15) is 0 Å². The summed E-state index contributed by atoms with van der Waals surface area (Å²) in [6.45, 7) is 13.0. The Bertz CT molecular complexity index is 996. The van der Waals surface area contributed by atoms with Crippen molar-refractivity contribution in [1.29, 1.82) is 0 Å². The summed E-state index contributed by atoms with van der Waals surface area (Å²) in [6, 6.07) is 5.17. The quantitative estimate of drug-likeness (QED) is 0.719. The van der Waals surface area contributed by atoms with Crippen LogP contribution >= 0.6 is 0 Å². The Morgan fingerprint density at radius 3 is 2.36 bits per heavy atom. The van der Waals surface area contributed by atoms with E-state index in [0.29, 0.717) is 35.8 Å². The van der Waals surface area contributed by atoms with Crippen molar-refractivity contribution in [3.63, 3.8) is 0 Å². The zero-order valence-electron chi connectivity index (χ0n) is 20.0. The molecule has 0 aromatic carbocycles. The summed E-state index contributed by atoms with van der Waals surface area (Å²) in [6.07, 6.45) is 5.13. The summed E-state index contributed by atoms with van der Waals surface area (Å²) in [5, 5.41) is 7.17. The molecule has 6 rings (SSSR count). The fourth-order valence-electron chi connectivity index (χ4n) is 6.61. The second-order valence-corrected chi connectivity index (χ2v) is 10.7. The molecule has 33 heavy (non-hydrogen) atoms. The summed E-state index contributed by atoms with van der Waals surface area (Å²) in [7, 11) is 0. The number of anilines is 2. The predicted molar refractivity (Wildman–Crippen MR) is 130 cm³/mol. The van der Waals surface area contributed by atoms with Crippen LogP contribution in [-0.2, 0) is 0 Å². The Kier molecular flexibility index (Phi) is 5.45. The lowest BCUT2D eigenvalue weighted by molar-refractivity contribution is 0.362. The Labute approximate surface area is 196 Å². The van der Waals surface area contributed by atoms with Gasteiger partial charge < -0.3 is 20.4 Å².